The van der Waals surface area contributed by atoms with Crippen LogP contribution >= 0.6 is 15.8 Å². The van der Waals surface area contributed by atoms with E-state index in [0.29, 0.717) is 21.3 Å². The van der Waals surface area contributed by atoms with E-state index in [1.54, 1.807) is 0 Å². The zero-order chi connectivity index (χ0) is 22.5. The third-order valence-corrected chi connectivity index (χ3v) is 3.34. The Morgan fingerprint density at radius 2 is 0.821 bits per heavy atom. The normalized spacial score (nSPS) is 6.79. The Kier molecular flexibility index (Phi) is 158. The Balaban J connectivity index is -0.0000000186. The smallest absolute Gasteiger partial charge is 0.120 e. The maximum Gasteiger partial charge on any atom is 0.120 e. The first-order valence-corrected chi connectivity index (χ1v) is 13.4. The van der Waals surface area contributed by atoms with Crippen molar-refractivity contribution in [3.63, 3.8) is 0 Å². The molecule has 0 aromatic rings. The van der Waals surface area contributed by atoms with E-state index in [4.69, 9.17) is 49.7 Å². The van der Waals surface area contributed by atoms with Crippen LogP contribution in [0.5, 0.6) is 0 Å². The monoisotopic (exact) mass is 558 g/mol. The predicted octanol–water partition coefficient (Wildman–Crippen LogP) is 3.21. The molecule has 0 bridgehead atoms. The Bertz CT molecular complexity index is 230. The van der Waals surface area contributed by atoms with E-state index in [0.717, 1.165) is 24.3 Å². The summed E-state index contributed by atoms with van der Waals surface area (Å²) in [7, 11) is 0.759. The van der Waals surface area contributed by atoms with Crippen LogP contribution < -0.4 is 5.59 Å². The maximum atomic E-state index is 7.50. The second-order valence-electron chi connectivity index (χ2n) is 5.18. The summed E-state index contributed by atoms with van der Waals surface area (Å²) in [5, 5.41) is 0. The number of hydrogen-bond donors (Lipinski definition) is 0. The molecule has 0 aliphatic carbocycles. The molecule has 6 nitrogen and oxygen atoms in total. The topological polar surface area (TPSA) is 131 Å². The molecule has 0 aromatic carbocycles. The molecule has 28 heavy (non-hydrogen) atoms. The van der Waals surface area contributed by atoms with Gasteiger partial charge in [-0.3, -0.25) is 0 Å². The van der Waals surface area contributed by atoms with E-state index < -0.39 is 0 Å². The van der Waals surface area contributed by atoms with E-state index in [1.807, 2.05) is 0 Å². The van der Waals surface area contributed by atoms with Crippen molar-refractivity contribution in [1.82, 2.24) is 5.59 Å². The summed E-state index contributed by atoms with van der Waals surface area (Å²) in [4.78, 5) is 7.25. The van der Waals surface area contributed by atoms with E-state index in [-0.39, 0.29) is 39.6 Å². The summed E-state index contributed by atoms with van der Waals surface area (Å²) >= 11 is 10.0. The van der Waals surface area contributed by atoms with E-state index in [2.05, 4.69) is 73.8 Å². The standard InChI is InChI=1S/C7H16S2.2C3H9P.3CO.2Fe.NO.H2O/c1-3-7(4-2,5-8)6-9;2*1-4(2)3;3*1-2;;;1-2;/h8-9H,3-6H2,1-2H3;2*1-3H3;;;;;;;1H2/p-2. The minimum atomic E-state index is 0. The number of hydrogen-bond acceptors (Lipinski definition) is 3. The van der Waals surface area contributed by atoms with Crippen molar-refractivity contribution in [2.75, 3.05) is 51.5 Å². The molecular formula is C16H34Fe2NO5P2S2-2. The largest absolute Gasteiger partial charge is 0.120 e. The summed E-state index contributed by atoms with van der Waals surface area (Å²) in [6, 6.07) is 0. The van der Waals surface area contributed by atoms with Gasteiger partial charge in [-0.2, -0.15) is 11.5 Å². The minimum Gasteiger partial charge on any atom is -0.120 e. The molecule has 0 spiro atoms. The van der Waals surface area contributed by atoms with Gasteiger partial charge in [0, 0.05) is 34.1 Å². The molecule has 0 unspecified atom stereocenters. The third-order valence-electron chi connectivity index (χ3n) is 2.11. The Labute approximate surface area is 207 Å². The van der Waals surface area contributed by atoms with Crippen molar-refractivity contribution in [2.45, 2.75) is 26.7 Å². The average Bonchev–Trinajstić information content (AvgIpc) is 2.63. The maximum absolute atomic E-state index is 7.50. The quantitative estimate of drug-likeness (QED) is 0.173. The molecule has 12 heteroatoms. The molecule has 1 radical (unpaired) electrons. The first-order valence-electron chi connectivity index (χ1n) is 6.88. The van der Waals surface area contributed by atoms with Crippen LogP contribution in [-0.2, 0) is 73.4 Å². The van der Waals surface area contributed by atoms with E-state index in [1.165, 1.54) is 0 Å². The summed E-state index contributed by atoms with van der Waals surface area (Å²) in [6.45, 7) is 31.2. The minimum absolute atomic E-state index is 0. The number of rotatable bonds is 4. The van der Waals surface area contributed by atoms with Gasteiger partial charge >= 0.3 is 33.9 Å². The second-order valence-corrected chi connectivity index (χ2v) is 11.1. The average molecular weight is 558 g/mol. The SMILES string of the molecule is CCC(CC)(C[S-])C[S-].CP(C)C.CP(C)C.O.[C-]#[O+].[C-]#[O+].[C-]#[O+].[Fe].[Fe].[N]=O. The molecule has 0 rings (SSSR count). The molecule has 173 valence electrons. The summed E-state index contributed by atoms with van der Waals surface area (Å²) in [5.41, 5.74) is 6.05. The van der Waals surface area contributed by atoms with Crippen LogP contribution in [0.2, 0.25) is 0 Å². The van der Waals surface area contributed by atoms with Gasteiger partial charge in [0.1, 0.15) is 5.59 Å². The molecule has 0 aliphatic heterocycles. The third kappa shape index (κ3) is 106. The molecule has 0 fully saturated rings. The van der Waals surface area contributed by atoms with Crippen LogP contribution in [0.3, 0.4) is 0 Å². The van der Waals surface area contributed by atoms with Crippen LogP contribution in [0.4, 0.5) is 0 Å². The van der Waals surface area contributed by atoms with Gasteiger partial charge in [0.25, 0.3) is 0 Å². The van der Waals surface area contributed by atoms with Gasteiger partial charge in [0.05, 0.1) is 0 Å². The Morgan fingerprint density at radius 3 is 0.821 bits per heavy atom. The first kappa shape index (κ1) is 63.0. The second kappa shape index (κ2) is 70.4. The summed E-state index contributed by atoms with van der Waals surface area (Å²) < 4.78 is 22.5. The molecule has 0 amide bonds. The fourth-order valence-corrected chi connectivity index (χ4v) is 1.85. The first-order chi connectivity index (χ1) is 11.7. The Morgan fingerprint density at radius 1 is 0.714 bits per heavy atom. The van der Waals surface area contributed by atoms with Gasteiger partial charge in [-0.25, -0.2) is 0 Å². The number of nitroso groups, excluding NO2 is 1. The molecule has 0 saturated carbocycles. The van der Waals surface area contributed by atoms with Gasteiger partial charge in [0.15, 0.2) is 0 Å². The molecule has 0 atom stereocenters. The molecule has 2 N–H and O–H groups in total. The van der Waals surface area contributed by atoms with Crippen LogP contribution in [-0.4, -0.2) is 57.0 Å². The van der Waals surface area contributed by atoms with Gasteiger partial charge in [-0.15, -0.1) is 20.8 Å². The fourth-order valence-electron chi connectivity index (χ4n) is 0.700. The van der Waals surface area contributed by atoms with Crippen LogP contribution in [0.15, 0.2) is 0 Å². The molecular weight excluding hydrogens is 524 g/mol. The van der Waals surface area contributed by atoms with Crippen molar-refractivity contribution in [1.29, 1.82) is 0 Å². The fraction of sp³-hybridized carbons (Fsp3) is 0.812. The van der Waals surface area contributed by atoms with Crippen molar-refractivity contribution in [2.24, 2.45) is 5.41 Å². The van der Waals surface area contributed by atoms with Gasteiger partial charge in [-0.1, -0.05) is 32.1 Å². The summed E-state index contributed by atoms with van der Waals surface area (Å²) in [6.07, 6.45) is 2.27. The zero-order valence-corrected chi connectivity index (χ0v) is 23.5. The molecule has 0 aromatic heterocycles. The molecule has 0 saturated heterocycles. The van der Waals surface area contributed by atoms with Gasteiger partial charge < -0.3 is 30.7 Å². The summed E-state index contributed by atoms with van der Waals surface area (Å²) in [5.74, 6) is 1.65. The Hall–Kier alpha value is 1.38. The van der Waals surface area contributed by atoms with Crippen molar-refractivity contribution in [3.05, 3.63) is 24.9 Å². The van der Waals surface area contributed by atoms with Crippen LogP contribution in [0.25, 0.3) is 0 Å². The van der Waals surface area contributed by atoms with Crippen molar-refractivity contribution in [3.8, 4) is 0 Å². The van der Waals surface area contributed by atoms with Gasteiger partial charge in [0.2, 0.25) is 0 Å². The molecule has 0 heterocycles. The van der Waals surface area contributed by atoms with E-state index in [9.17, 15) is 0 Å². The van der Waals surface area contributed by atoms with Gasteiger partial charge in [-0.05, 0) is 40.0 Å². The van der Waals surface area contributed by atoms with Crippen LogP contribution in [0, 0.1) is 30.3 Å². The number of nitrogens with zero attached hydrogens (tertiary/aromatic N) is 1. The van der Waals surface area contributed by atoms with Crippen molar-refractivity contribution < 1.29 is 53.6 Å². The molecule has 0 aliphatic rings. The predicted molar refractivity (Wildman–Crippen MR) is 118 cm³/mol. The zero-order valence-electron chi connectivity index (χ0n) is 17.8. The van der Waals surface area contributed by atoms with E-state index >= 15 is 0 Å². The van der Waals surface area contributed by atoms with Crippen molar-refractivity contribution >= 4 is 41.1 Å². The van der Waals surface area contributed by atoms with Crippen LogP contribution in [0.1, 0.15) is 26.7 Å².